The highest BCUT2D eigenvalue weighted by atomic mass is 28.4. The SMILES string of the molecule is CCCC[Si](CC)(OC)OCF. The largest absolute Gasteiger partial charge is 0.398 e. The van der Waals surface area contributed by atoms with Gasteiger partial charge < -0.3 is 8.85 Å². The molecule has 4 heteroatoms. The zero-order valence-corrected chi connectivity index (χ0v) is 9.23. The molecule has 0 aliphatic rings. The lowest BCUT2D eigenvalue weighted by Gasteiger charge is -2.26. The first-order valence-electron chi connectivity index (χ1n) is 4.49. The number of hydrogen-bond donors (Lipinski definition) is 0. The maximum Gasteiger partial charge on any atom is 0.339 e. The van der Waals surface area contributed by atoms with Crippen LogP contribution in [0, 0.1) is 0 Å². The summed E-state index contributed by atoms with van der Waals surface area (Å²) in [5.41, 5.74) is 0. The van der Waals surface area contributed by atoms with E-state index in [4.69, 9.17) is 8.85 Å². The van der Waals surface area contributed by atoms with Gasteiger partial charge >= 0.3 is 8.56 Å². The van der Waals surface area contributed by atoms with Gasteiger partial charge in [-0.1, -0.05) is 26.7 Å². The van der Waals surface area contributed by atoms with Crippen molar-refractivity contribution in [1.82, 2.24) is 0 Å². The van der Waals surface area contributed by atoms with E-state index >= 15 is 0 Å². The quantitative estimate of drug-likeness (QED) is 0.580. The molecule has 0 aliphatic carbocycles. The Morgan fingerprint density at radius 3 is 2.33 bits per heavy atom. The number of rotatable bonds is 7. The smallest absolute Gasteiger partial charge is 0.339 e. The summed E-state index contributed by atoms with van der Waals surface area (Å²) in [5.74, 6) is 0. The topological polar surface area (TPSA) is 18.5 Å². The molecular formula is C8H19FO2Si. The Balaban J connectivity index is 3.95. The highest BCUT2D eigenvalue weighted by Crippen LogP contribution is 2.20. The van der Waals surface area contributed by atoms with Crippen LogP contribution < -0.4 is 0 Å². The van der Waals surface area contributed by atoms with E-state index in [2.05, 4.69) is 6.92 Å². The Hall–Kier alpha value is 0.0669. The summed E-state index contributed by atoms with van der Waals surface area (Å²) >= 11 is 0. The maximum absolute atomic E-state index is 12.0. The molecule has 1 atom stereocenters. The number of hydrogen-bond acceptors (Lipinski definition) is 2. The third-order valence-electron chi connectivity index (χ3n) is 2.14. The second kappa shape index (κ2) is 6.57. The van der Waals surface area contributed by atoms with E-state index in [1.54, 1.807) is 7.11 Å². The molecule has 0 rings (SSSR count). The van der Waals surface area contributed by atoms with Gasteiger partial charge in [0.25, 0.3) is 0 Å². The Morgan fingerprint density at radius 1 is 1.33 bits per heavy atom. The molecule has 0 saturated carbocycles. The third-order valence-corrected chi connectivity index (χ3v) is 5.71. The summed E-state index contributed by atoms with van der Waals surface area (Å²) in [4.78, 5) is 0. The molecule has 74 valence electrons. The van der Waals surface area contributed by atoms with Crippen LogP contribution in [-0.2, 0) is 8.85 Å². The Labute approximate surface area is 75.3 Å². The third kappa shape index (κ3) is 3.65. The van der Waals surface area contributed by atoms with E-state index in [1.165, 1.54) is 0 Å². The second-order valence-electron chi connectivity index (χ2n) is 2.83. The van der Waals surface area contributed by atoms with Crippen molar-refractivity contribution in [3.8, 4) is 0 Å². The maximum atomic E-state index is 12.0. The summed E-state index contributed by atoms with van der Waals surface area (Å²) in [6.07, 6.45) is 2.17. The lowest BCUT2D eigenvalue weighted by atomic mass is 10.4. The average molecular weight is 194 g/mol. The molecular weight excluding hydrogens is 175 g/mol. The molecule has 1 unspecified atom stereocenters. The van der Waals surface area contributed by atoms with Crippen LogP contribution in [0.5, 0.6) is 0 Å². The molecule has 0 fully saturated rings. The summed E-state index contributed by atoms with van der Waals surface area (Å²) in [7, 11) is -0.513. The number of alkyl halides is 1. The van der Waals surface area contributed by atoms with Crippen molar-refractivity contribution in [2.75, 3.05) is 14.0 Å². The van der Waals surface area contributed by atoms with Gasteiger partial charge in [0.15, 0.2) is 6.86 Å². The van der Waals surface area contributed by atoms with Gasteiger partial charge in [-0.25, -0.2) is 4.39 Å². The van der Waals surface area contributed by atoms with Crippen LogP contribution >= 0.6 is 0 Å². The minimum Gasteiger partial charge on any atom is -0.398 e. The number of unbranched alkanes of at least 4 members (excludes halogenated alkanes) is 1. The molecule has 0 amide bonds. The van der Waals surface area contributed by atoms with Gasteiger partial charge in [-0.15, -0.1) is 0 Å². The Bertz CT molecular complexity index is 107. The standard InChI is InChI=1S/C8H19FO2Si/c1-4-6-7-12(5-2,10-3)11-8-9/h4-8H2,1-3H3. The Morgan fingerprint density at radius 2 is 2.00 bits per heavy atom. The van der Waals surface area contributed by atoms with Crippen molar-refractivity contribution in [2.45, 2.75) is 38.8 Å². The molecule has 0 aliphatic heterocycles. The summed E-state index contributed by atoms with van der Waals surface area (Å²) < 4.78 is 22.4. The first kappa shape index (κ1) is 12.1. The van der Waals surface area contributed by atoms with Gasteiger partial charge in [0.05, 0.1) is 0 Å². The fourth-order valence-electron chi connectivity index (χ4n) is 1.20. The molecule has 0 heterocycles. The van der Waals surface area contributed by atoms with Gasteiger partial charge in [-0.2, -0.15) is 0 Å². The average Bonchev–Trinajstić information content (AvgIpc) is 2.13. The predicted octanol–water partition coefficient (Wildman–Crippen LogP) is 2.84. The fraction of sp³-hybridized carbons (Fsp3) is 1.00. The minimum atomic E-state index is -2.14. The molecule has 0 aromatic rings. The molecule has 2 nitrogen and oxygen atoms in total. The first-order chi connectivity index (χ1) is 5.74. The Kier molecular flexibility index (Phi) is 6.61. The van der Waals surface area contributed by atoms with Crippen molar-refractivity contribution in [3.05, 3.63) is 0 Å². The first-order valence-corrected chi connectivity index (χ1v) is 6.72. The zero-order chi connectivity index (χ0) is 9.45. The van der Waals surface area contributed by atoms with Crippen LogP contribution in [0.25, 0.3) is 0 Å². The van der Waals surface area contributed by atoms with Crippen molar-refractivity contribution in [3.63, 3.8) is 0 Å². The van der Waals surface area contributed by atoms with Gasteiger partial charge in [0, 0.05) is 7.11 Å². The summed E-state index contributed by atoms with van der Waals surface area (Å²) in [6, 6.07) is 1.73. The fourth-order valence-corrected chi connectivity index (χ4v) is 3.61. The van der Waals surface area contributed by atoms with E-state index in [1.807, 2.05) is 6.92 Å². The molecule has 0 saturated heterocycles. The second-order valence-corrected chi connectivity index (χ2v) is 6.55. The molecule has 0 bridgehead atoms. The van der Waals surface area contributed by atoms with Crippen molar-refractivity contribution in [2.24, 2.45) is 0 Å². The van der Waals surface area contributed by atoms with Crippen molar-refractivity contribution < 1.29 is 13.2 Å². The van der Waals surface area contributed by atoms with E-state index in [0.29, 0.717) is 0 Å². The normalized spacial score (nSPS) is 16.0. The number of halogens is 1. The van der Waals surface area contributed by atoms with Crippen LogP contribution in [0.1, 0.15) is 26.7 Å². The van der Waals surface area contributed by atoms with Crippen LogP contribution in [0.15, 0.2) is 0 Å². The van der Waals surface area contributed by atoms with E-state index in [9.17, 15) is 4.39 Å². The highest BCUT2D eigenvalue weighted by molar-refractivity contribution is 6.67. The molecule has 0 N–H and O–H groups in total. The van der Waals surface area contributed by atoms with Gasteiger partial charge in [0.2, 0.25) is 0 Å². The van der Waals surface area contributed by atoms with Crippen LogP contribution in [0.2, 0.25) is 12.1 Å². The molecule has 0 radical (unpaired) electrons. The predicted molar refractivity (Wildman–Crippen MR) is 50.0 cm³/mol. The molecule has 12 heavy (non-hydrogen) atoms. The van der Waals surface area contributed by atoms with Gasteiger partial charge in [-0.3, -0.25) is 0 Å². The molecule has 0 spiro atoms. The summed E-state index contributed by atoms with van der Waals surface area (Å²) in [5, 5.41) is 0. The van der Waals surface area contributed by atoms with Crippen LogP contribution in [0.4, 0.5) is 4.39 Å². The van der Waals surface area contributed by atoms with Crippen molar-refractivity contribution >= 4 is 8.56 Å². The molecule has 0 aromatic heterocycles. The zero-order valence-electron chi connectivity index (χ0n) is 8.23. The van der Waals surface area contributed by atoms with E-state index in [-0.39, 0.29) is 0 Å². The highest BCUT2D eigenvalue weighted by Gasteiger charge is 2.33. The van der Waals surface area contributed by atoms with Gasteiger partial charge in [0.1, 0.15) is 0 Å². The summed E-state index contributed by atoms with van der Waals surface area (Å²) in [6.45, 7) is 3.40. The lowest BCUT2D eigenvalue weighted by Crippen LogP contribution is -2.40. The van der Waals surface area contributed by atoms with Gasteiger partial charge in [-0.05, 0) is 12.1 Å². The van der Waals surface area contributed by atoms with Crippen LogP contribution in [-0.4, -0.2) is 22.5 Å². The minimum absolute atomic E-state index is 0.711. The van der Waals surface area contributed by atoms with E-state index < -0.39 is 15.4 Å². The lowest BCUT2D eigenvalue weighted by molar-refractivity contribution is 0.126. The van der Waals surface area contributed by atoms with E-state index in [0.717, 1.165) is 24.9 Å². The van der Waals surface area contributed by atoms with Crippen molar-refractivity contribution in [1.29, 1.82) is 0 Å². The van der Waals surface area contributed by atoms with Crippen LogP contribution in [0.3, 0.4) is 0 Å². The monoisotopic (exact) mass is 194 g/mol. The molecule has 0 aromatic carbocycles.